The number of amides is 2. The molecule has 0 saturated heterocycles. The Bertz CT molecular complexity index is 1040. The lowest BCUT2D eigenvalue weighted by Crippen LogP contribution is -2.33. The van der Waals surface area contributed by atoms with Crippen LogP contribution in [0.4, 0.5) is 0 Å². The van der Waals surface area contributed by atoms with Crippen LogP contribution in [0.2, 0.25) is 0 Å². The highest BCUT2D eigenvalue weighted by atomic mass is 16.7. The average molecular weight is 377 g/mol. The summed E-state index contributed by atoms with van der Waals surface area (Å²) in [6, 6.07) is 13.6. The lowest BCUT2D eigenvalue weighted by Gasteiger charge is -2.13. The number of rotatable bonds is 5. The second-order valence-electron chi connectivity index (χ2n) is 6.06. The largest absolute Gasteiger partial charge is 0.497 e. The normalized spacial score (nSPS) is 12.8. The Morgan fingerprint density at radius 2 is 1.64 bits per heavy atom. The first-order valence-corrected chi connectivity index (χ1v) is 8.42. The highest BCUT2D eigenvalue weighted by Crippen LogP contribution is 2.23. The third-order valence-corrected chi connectivity index (χ3v) is 4.34. The zero-order valence-electron chi connectivity index (χ0n) is 14.9. The van der Waals surface area contributed by atoms with Crippen molar-refractivity contribution in [2.45, 2.75) is 6.54 Å². The van der Waals surface area contributed by atoms with Gasteiger partial charge >= 0.3 is 5.97 Å². The molecular formula is C20H15N3O5. The average Bonchev–Trinajstić information content (AvgIpc) is 3.28. The van der Waals surface area contributed by atoms with Crippen molar-refractivity contribution in [2.24, 2.45) is 0 Å². The van der Waals surface area contributed by atoms with Gasteiger partial charge in [-0.25, -0.2) is 9.78 Å². The molecule has 0 aliphatic carbocycles. The number of hydroxylamine groups is 2. The molecule has 4 rings (SSSR count). The Balaban J connectivity index is 1.51. The molecule has 0 N–H and O–H groups in total. The van der Waals surface area contributed by atoms with Crippen LogP contribution in [0.15, 0.2) is 60.9 Å². The Hall–Kier alpha value is -3.94. The second-order valence-corrected chi connectivity index (χ2v) is 6.06. The van der Waals surface area contributed by atoms with Crippen molar-refractivity contribution in [1.82, 2.24) is 14.6 Å². The van der Waals surface area contributed by atoms with E-state index in [0.717, 1.165) is 11.3 Å². The number of carbonyl (C=O) groups excluding carboxylic acids is 3. The van der Waals surface area contributed by atoms with Crippen LogP contribution >= 0.6 is 0 Å². The van der Waals surface area contributed by atoms with E-state index >= 15 is 0 Å². The highest BCUT2D eigenvalue weighted by Gasteiger charge is 2.39. The number of fused-ring (bicyclic) bond motifs is 1. The number of hydrogen-bond acceptors (Lipinski definition) is 6. The Kier molecular flexibility index (Phi) is 4.36. The fourth-order valence-electron chi connectivity index (χ4n) is 2.93. The first-order chi connectivity index (χ1) is 13.6. The minimum Gasteiger partial charge on any atom is -0.497 e. The molecule has 3 aromatic rings. The van der Waals surface area contributed by atoms with Crippen molar-refractivity contribution < 1.29 is 24.0 Å². The van der Waals surface area contributed by atoms with Crippen molar-refractivity contribution in [2.75, 3.05) is 7.11 Å². The molecule has 0 fully saturated rings. The molecule has 140 valence electrons. The van der Waals surface area contributed by atoms with Crippen LogP contribution in [0.1, 0.15) is 36.9 Å². The second kappa shape index (κ2) is 6.99. The van der Waals surface area contributed by atoms with Gasteiger partial charge in [-0.15, -0.1) is 0 Å². The molecule has 1 aliphatic rings. The summed E-state index contributed by atoms with van der Waals surface area (Å²) in [5, 5.41) is 0.472. The fraction of sp³-hybridized carbons (Fsp3) is 0.100. The Labute approximate surface area is 159 Å². The van der Waals surface area contributed by atoms with E-state index in [4.69, 9.17) is 9.57 Å². The molecule has 2 aromatic carbocycles. The van der Waals surface area contributed by atoms with Crippen LogP contribution in [-0.2, 0) is 11.4 Å². The summed E-state index contributed by atoms with van der Waals surface area (Å²) in [6.45, 7) is 0.358. The van der Waals surface area contributed by atoms with Crippen LogP contribution < -0.4 is 4.74 Å². The molecule has 28 heavy (non-hydrogen) atoms. The molecule has 2 heterocycles. The van der Waals surface area contributed by atoms with Crippen LogP contribution in [0, 0.1) is 0 Å². The Morgan fingerprint density at radius 1 is 1.00 bits per heavy atom. The molecule has 8 heteroatoms. The van der Waals surface area contributed by atoms with Gasteiger partial charge in [0.15, 0.2) is 0 Å². The number of aromatic nitrogens is 2. The van der Waals surface area contributed by atoms with Crippen LogP contribution in [0.25, 0.3) is 0 Å². The lowest BCUT2D eigenvalue weighted by atomic mass is 10.1. The van der Waals surface area contributed by atoms with Crippen molar-refractivity contribution in [3.8, 4) is 5.75 Å². The van der Waals surface area contributed by atoms with Gasteiger partial charge in [0.1, 0.15) is 5.75 Å². The smallest absolute Gasteiger partial charge is 0.399 e. The number of ether oxygens (including phenoxy) is 1. The molecule has 0 unspecified atom stereocenters. The summed E-state index contributed by atoms with van der Waals surface area (Å²) < 4.78 is 6.70. The number of benzene rings is 2. The van der Waals surface area contributed by atoms with Gasteiger partial charge in [0.05, 0.1) is 18.2 Å². The summed E-state index contributed by atoms with van der Waals surface area (Å²) in [4.78, 5) is 46.3. The fourth-order valence-corrected chi connectivity index (χ4v) is 2.93. The van der Waals surface area contributed by atoms with E-state index in [2.05, 4.69) is 4.98 Å². The zero-order valence-corrected chi connectivity index (χ0v) is 14.9. The van der Waals surface area contributed by atoms with E-state index in [1.165, 1.54) is 18.3 Å². The molecule has 2 amide bonds. The van der Waals surface area contributed by atoms with Gasteiger partial charge in [0, 0.05) is 18.9 Å². The lowest BCUT2D eigenvalue weighted by molar-refractivity contribution is -0.0595. The van der Waals surface area contributed by atoms with E-state index in [1.54, 1.807) is 30.0 Å². The molecular weight excluding hydrogens is 362 g/mol. The number of methoxy groups -OCH3 is 1. The molecule has 0 saturated carbocycles. The highest BCUT2D eigenvalue weighted by molar-refractivity contribution is 6.21. The van der Waals surface area contributed by atoms with E-state index in [0.29, 0.717) is 11.6 Å². The molecule has 0 bridgehead atoms. The predicted molar refractivity (Wildman–Crippen MR) is 96.7 cm³/mol. The summed E-state index contributed by atoms with van der Waals surface area (Å²) >= 11 is 0. The SMILES string of the molecule is COc1ccc(Cn2ccnc2C(=O)ON2C(=O)c3ccccc3C2=O)cc1. The molecule has 1 aliphatic heterocycles. The van der Waals surface area contributed by atoms with E-state index in [9.17, 15) is 14.4 Å². The van der Waals surface area contributed by atoms with Crippen molar-refractivity contribution in [1.29, 1.82) is 0 Å². The minimum atomic E-state index is -0.895. The van der Waals surface area contributed by atoms with Crippen molar-refractivity contribution >= 4 is 17.8 Å². The van der Waals surface area contributed by atoms with Gasteiger partial charge < -0.3 is 14.1 Å². The summed E-state index contributed by atoms with van der Waals surface area (Å²) in [5.74, 6) is -1.55. The number of hydrogen-bond donors (Lipinski definition) is 0. The molecule has 0 atom stereocenters. The molecule has 0 radical (unpaired) electrons. The zero-order chi connectivity index (χ0) is 19.7. The number of carbonyl (C=O) groups is 3. The maximum absolute atomic E-state index is 12.5. The summed E-state index contributed by atoms with van der Waals surface area (Å²) in [7, 11) is 1.58. The monoisotopic (exact) mass is 377 g/mol. The standard InChI is InChI=1S/C20H15N3O5/c1-27-14-8-6-13(7-9-14)12-22-11-10-21-17(22)20(26)28-23-18(24)15-4-2-3-5-16(15)19(23)25/h2-11H,12H2,1H3. The first-order valence-electron chi connectivity index (χ1n) is 8.42. The maximum atomic E-state index is 12.5. The van der Waals surface area contributed by atoms with Crippen LogP contribution in [0.3, 0.4) is 0 Å². The van der Waals surface area contributed by atoms with E-state index < -0.39 is 17.8 Å². The summed E-state index contributed by atoms with van der Waals surface area (Å²) in [5.41, 5.74) is 1.30. The topological polar surface area (TPSA) is 90.7 Å². The molecule has 1 aromatic heterocycles. The quantitative estimate of drug-likeness (QED) is 0.634. The van der Waals surface area contributed by atoms with E-state index in [1.807, 2.05) is 24.3 Å². The Morgan fingerprint density at radius 3 is 2.25 bits per heavy atom. The predicted octanol–water partition coefficient (Wildman–Crippen LogP) is 2.31. The van der Waals surface area contributed by atoms with Gasteiger partial charge in [-0.3, -0.25) is 9.59 Å². The van der Waals surface area contributed by atoms with Gasteiger partial charge in [-0.1, -0.05) is 29.3 Å². The maximum Gasteiger partial charge on any atom is 0.399 e. The van der Waals surface area contributed by atoms with Gasteiger partial charge in [-0.2, -0.15) is 0 Å². The van der Waals surface area contributed by atoms with Crippen molar-refractivity contribution in [3.05, 3.63) is 83.4 Å². The molecule has 0 spiro atoms. The summed E-state index contributed by atoms with van der Waals surface area (Å²) in [6.07, 6.45) is 3.06. The minimum absolute atomic E-state index is 0.0209. The number of nitrogens with zero attached hydrogens (tertiary/aromatic N) is 3. The third-order valence-electron chi connectivity index (χ3n) is 4.34. The number of imide groups is 1. The molecule has 8 nitrogen and oxygen atoms in total. The van der Waals surface area contributed by atoms with Gasteiger partial charge in [0.25, 0.3) is 11.8 Å². The number of imidazole rings is 1. The van der Waals surface area contributed by atoms with Crippen molar-refractivity contribution in [3.63, 3.8) is 0 Å². The first kappa shape index (κ1) is 17.5. The van der Waals surface area contributed by atoms with Gasteiger partial charge in [0.2, 0.25) is 5.82 Å². The van der Waals surface area contributed by atoms with E-state index in [-0.39, 0.29) is 17.0 Å². The van der Waals surface area contributed by atoms with Crippen LogP contribution in [0.5, 0.6) is 5.75 Å². The van der Waals surface area contributed by atoms with Crippen LogP contribution in [-0.4, -0.2) is 39.5 Å². The van der Waals surface area contributed by atoms with Gasteiger partial charge in [-0.05, 0) is 29.8 Å². The third kappa shape index (κ3) is 3.01.